The van der Waals surface area contributed by atoms with Crippen molar-refractivity contribution in [2.24, 2.45) is 0 Å². The summed E-state index contributed by atoms with van der Waals surface area (Å²) >= 11 is 0.881. The van der Waals surface area contributed by atoms with E-state index in [0.717, 1.165) is 11.8 Å². The summed E-state index contributed by atoms with van der Waals surface area (Å²) in [5.41, 5.74) is 0. The maximum Gasteiger partial charge on any atom is 0.530 e. The van der Waals surface area contributed by atoms with E-state index in [1.54, 1.807) is 34.6 Å². The number of thioether (sulfide) groups is 1. The van der Waals surface area contributed by atoms with Crippen LogP contribution in [-0.4, -0.2) is 12.2 Å². The highest BCUT2D eigenvalue weighted by atomic mass is 32.2. The van der Waals surface area contributed by atoms with Crippen LogP contribution in [0.5, 0.6) is 0 Å². The second-order valence-electron chi connectivity index (χ2n) is 3.78. The van der Waals surface area contributed by atoms with Gasteiger partial charge in [-0.25, -0.2) is 4.57 Å². The molecule has 0 N–H and O–H groups in total. The molecule has 0 bridgehead atoms. The van der Waals surface area contributed by atoms with Crippen LogP contribution < -0.4 is 0 Å². The Bertz CT molecular complexity index is 335. The molecule has 0 aliphatic carbocycles. The topological polar surface area (TPSA) is 68.5 Å². The third-order valence-electron chi connectivity index (χ3n) is 1.21. The van der Waals surface area contributed by atoms with Gasteiger partial charge in [0.15, 0.2) is 0 Å². The number of phosphoric acid groups is 1. The molecule has 0 amide bonds. The molecule has 0 radical (unpaired) electrons. The van der Waals surface area contributed by atoms with Crippen LogP contribution in [0.2, 0.25) is 0 Å². The summed E-state index contributed by atoms with van der Waals surface area (Å²) in [7, 11) is -3.62. The van der Waals surface area contributed by atoms with Crippen molar-refractivity contribution in [3.8, 4) is 5.40 Å². The molecule has 0 unspecified atom stereocenters. The van der Waals surface area contributed by atoms with E-state index < -0.39 is 7.82 Å². The van der Waals surface area contributed by atoms with E-state index in [2.05, 4.69) is 0 Å². The smallest absolute Gasteiger partial charge is 0.408 e. The molecule has 0 heterocycles. The van der Waals surface area contributed by atoms with Crippen molar-refractivity contribution in [3.05, 3.63) is 11.2 Å². The Hall–Kier alpha value is -0.470. The maximum absolute atomic E-state index is 12.2. The Labute approximate surface area is 107 Å². The fraction of sp³-hybridized carbons (Fsp3) is 0.700. The summed E-state index contributed by atoms with van der Waals surface area (Å²) in [6, 6.07) is 0. The Morgan fingerprint density at radius 1 is 1.29 bits per heavy atom. The molecule has 0 aromatic rings. The van der Waals surface area contributed by atoms with Gasteiger partial charge in [-0.05, 0) is 46.4 Å². The summed E-state index contributed by atoms with van der Waals surface area (Å²) in [6.07, 6.45) is -0.563. The molecule has 17 heavy (non-hydrogen) atoms. The number of rotatable bonds is 7. The van der Waals surface area contributed by atoms with Gasteiger partial charge in [-0.3, -0.25) is 9.05 Å². The van der Waals surface area contributed by atoms with Crippen LogP contribution in [-0.2, 0) is 18.1 Å². The molecule has 7 heteroatoms. The first-order valence-electron chi connectivity index (χ1n) is 5.17. The summed E-state index contributed by atoms with van der Waals surface area (Å²) < 4.78 is 27.7. The number of allylic oxidation sites excluding steroid dienone is 1. The highest BCUT2D eigenvalue weighted by molar-refractivity contribution is 8.06. The van der Waals surface area contributed by atoms with E-state index in [0.29, 0.717) is 5.76 Å². The Morgan fingerprint density at radius 2 is 1.76 bits per heavy atom. The molecule has 0 aromatic heterocycles. The Morgan fingerprint density at radius 3 is 2.12 bits per heavy atom. The van der Waals surface area contributed by atoms with Gasteiger partial charge in [0.25, 0.3) is 0 Å². The van der Waals surface area contributed by atoms with Crippen molar-refractivity contribution in [2.45, 2.75) is 46.8 Å². The maximum atomic E-state index is 12.2. The summed E-state index contributed by atoms with van der Waals surface area (Å²) in [5, 5.41) is 11.7. The molecule has 0 aromatic carbocycles. The Kier molecular flexibility index (Phi) is 7.56. The van der Waals surface area contributed by atoms with E-state index in [1.807, 2.05) is 5.40 Å². The van der Waals surface area contributed by atoms with Crippen LogP contribution in [0.1, 0.15) is 34.6 Å². The van der Waals surface area contributed by atoms with E-state index in [4.69, 9.17) is 18.8 Å². The SMILES string of the molecule is C/C(=C\SC#N)OP(=O)(OC(C)C)OC(C)C. The van der Waals surface area contributed by atoms with E-state index in [9.17, 15) is 4.57 Å². The Balaban J connectivity index is 4.71. The lowest BCUT2D eigenvalue weighted by Gasteiger charge is -2.22. The lowest BCUT2D eigenvalue weighted by Crippen LogP contribution is -2.09. The van der Waals surface area contributed by atoms with Gasteiger partial charge >= 0.3 is 7.82 Å². The molecule has 0 atom stereocenters. The van der Waals surface area contributed by atoms with Gasteiger partial charge in [-0.2, -0.15) is 5.26 Å². The van der Waals surface area contributed by atoms with Crippen molar-refractivity contribution in [2.75, 3.05) is 0 Å². The first-order chi connectivity index (χ1) is 7.79. The second kappa shape index (κ2) is 7.78. The largest absolute Gasteiger partial charge is 0.530 e. The van der Waals surface area contributed by atoms with Crippen LogP contribution in [0.4, 0.5) is 0 Å². The van der Waals surface area contributed by atoms with Gasteiger partial charge < -0.3 is 4.52 Å². The van der Waals surface area contributed by atoms with Crippen molar-refractivity contribution in [1.82, 2.24) is 0 Å². The fourth-order valence-corrected chi connectivity index (χ4v) is 2.80. The second-order valence-corrected chi connectivity index (χ2v) is 5.94. The molecule has 0 aliphatic heterocycles. The van der Waals surface area contributed by atoms with Crippen LogP contribution in [0.3, 0.4) is 0 Å². The molecule has 0 saturated heterocycles. The quantitative estimate of drug-likeness (QED) is 0.398. The first kappa shape index (κ1) is 16.5. The van der Waals surface area contributed by atoms with Gasteiger partial charge in [0.2, 0.25) is 0 Å². The predicted molar refractivity (Wildman–Crippen MR) is 68.1 cm³/mol. The summed E-state index contributed by atoms with van der Waals surface area (Å²) in [6.45, 7) is 8.54. The number of hydrogen-bond acceptors (Lipinski definition) is 6. The normalized spacial score (nSPS) is 12.9. The van der Waals surface area contributed by atoms with Gasteiger partial charge in [0.05, 0.1) is 12.2 Å². The number of phosphoric ester groups is 1. The lowest BCUT2D eigenvalue weighted by molar-refractivity contribution is 0.0886. The molecule has 98 valence electrons. The molecule has 5 nitrogen and oxygen atoms in total. The predicted octanol–water partition coefficient (Wildman–Crippen LogP) is 4.04. The number of nitriles is 1. The summed E-state index contributed by atoms with van der Waals surface area (Å²) in [4.78, 5) is 0. The minimum absolute atomic E-state index is 0.281. The average molecular weight is 279 g/mol. The zero-order chi connectivity index (χ0) is 13.5. The highest BCUT2D eigenvalue weighted by Crippen LogP contribution is 2.53. The van der Waals surface area contributed by atoms with E-state index in [-0.39, 0.29) is 12.2 Å². The average Bonchev–Trinajstić information content (AvgIpc) is 2.10. The van der Waals surface area contributed by atoms with Crippen molar-refractivity contribution in [3.63, 3.8) is 0 Å². The molecular formula is C10H18NO4PS. The number of hydrogen-bond donors (Lipinski definition) is 0. The lowest BCUT2D eigenvalue weighted by atomic mass is 10.5. The van der Waals surface area contributed by atoms with Crippen LogP contribution in [0.25, 0.3) is 0 Å². The molecule has 0 aliphatic rings. The minimum atomic E-state index is -3.62. The van der Waals surface area contributed by atoms with Gasteiger partial charge in [0, 0.05) is 5.41 Å². The third-order valence-corrected chi connectivity index (χ3v) is 3.64. The number of nitrogens with zero attached hydrogens (tertiary/aromatic N) is 1. The monoisotopic (exact) mass is 279 g/mol. The van der Waals surface area contributed by atoms with Gasteiger partial charge in [0.1, 0.15) is 11.2 Å². The van der Waals surface area contributed by atoms with Crippen LogP contribution >= 0.6 is 19.6 Å². The minimum Gasteiger partial charge on any atom is -0.408 e. The molecule has 0 fully saturated rings. The van der Waals surface area contributed by atoms with Gasteiger partial charge in [-0.1, -0.05) is 0 Å². The van der Waals surface area contributed by atoms with Gasteiger partial charge in [-0.15, -0.1) is 0 Å². The fourth-order valence-electron chi connectivity index (χ4n) is 0.891. The molecule has 0 rings (SSSR count). The summed E-state index contributed by atoms with van der Waals surface area (Å²) in [5.74, 6) is 0.321. The molecule has 0 saturated carbocycles. The number of thiocyanates is 1. The zero-order valence-corrected chi connectivity index (χ0v) is 12.4. The van der Waals surface area contributed by atoms with Crippen LogP contribution in [0.15, 0.2) is 11.2 Å². The van der Waals surface area contributed by atoms with E-state index in [1.165, 1.54) is 5.41 Å². The van der Waals surface area contributed by atoms with Crippen molar-refractivity contribution in [1.29, 1.82) is 5.26 Å². The first-order valence-corrected chi connectivity index (χ1v) is 7.51. The highest BCUT2D eigenvalue weighted by Gasteiger charge is 2.31. The van der Waals surface area contributed by atoms with Crippen molar-refractivity contribution >= 4 is 19.6 Å². The standard InChI is InChI=1S/C10H18NO4PS/c1-8(2)13-16(12,14-9(3)4)15-10(5)6-17-7-11/h6,8-9H,1-5H3/b10-6+. The third kappa shape index (κ3) is 8.28. The zero-order valence-electron chi connectivity index (χ0n) is 10.7. The van der Waals surface area contributed by atoms with Crippen molar-refractivity contribution < 1.29 is 18.1 Å². The van der Waals surface area contributed by atoms with E-state index >= 15 is 0 Å². The van der Waals surface area contributed by atoms with Crippen LogP contribution in [0, 0.1) is 10.7 Å². The molecule has 0 spiro atoms. The molecular weight excluding hydrogens is 261 g/mol.